The summed E-state index contributed by atoms with van der Waals surface area (Å²) >= 11 is 1.42. The minimum absolute atomic E-state index is 0.0807. The Kier molecular flexibility index (Phi) is 4.78. The molecule has 3 unspecified atom stereocenters. The van der Waals surface area contributed by atoms with Gasteiger partial charge in [0, 0.05) is 38.8 Å². The van der Waals surface area contributed by atoms with E-state index in [-0.39, 0.29) is 24.3 Å². The van der Waals surface area contributed by atoms with Crippen LogP contribution >= 0.6 is 11.8 Å². The van der Waals surface area contributed by atoms with Gasteiger partial charge in [-0.1, -0.05) is 11.8 Å². The molecule has 3 rings (SSSR count). The second-order valence-corrected chi connectivity index (χ2v) is 5.95. The number of carbonyl (C=O) groups is 1. The summed E-state index contributed by atoms with van der Waals surface area (Å²) in [5.74, 6) is -0.0807. The molecule has 0 aromatic rings. The molecule has 9 heteroatoms. The first-order valence-corrected chi connectivity index (χ1v) is 7.92. The molecule has 8 nitrogen and oxygen atoms in total. The molecule has 21 heavy (non-hydrogen) atoms. The molecule has 2 fully saturated rings. The third-order valence-electron chi connectivity index (χ3n) is 3.66. The Bertz CT molecular complexity index is 455. The van der Waals surface area contributed by atoms with Crippen molar-refractivity contribution in [3.63, 3.8) is 0 Å². The number of rotatable bonds is 4. The Morgan fingerprint density at radius 2 is 2.19 bits per heavy atom. The van der Waals surface area contributed by atoms with Gasteiger partial charge in [0.25, 0.3) is 5.91 Å². The van der Waals surface area contributed by atoms with Crippen molar-refractivity contribution in [1.29, 1.82) is 0 Å². The summed E-state index contributed by atoms with van der Waals surface area (Å²) in [6.07, 6.45) is 4.21. The number of nitrogens with zero attached hydrogens (tertiary/aromatic N) is 1. The van der Waals surface area contributed by atoms with Gasteiger partial charge in [-0.3, -0.25) is 26.1 Å². The highest BCUT2D eigenvalue weighted by Crippen LogP contribution is 2.25. The molecule has 0 aliphatic carbocycles. The Morgan fingerprint density at radius 3 is 3.00 bits per heavy atom. The molecular weight excluding hydrogens is 290 g/mol. The smallest absolute Gasteiger partial charge is 0.259 e. The fraction of sp³-hybridized carbons (Fsp3) is 0.583. The first-order chi connectivity index (χ1) is 10.3. The van der Waals surface area contributed by atoms with E-state index in [4.69, 9.17) is 5.73 Å². The predicted octanol–water partition coefficient (Wildman–Crippen LogP) is -2.26. The molecule has 3 aliphatic heterocycles. The normalized spacial score (nSPS) is 31.8. The van der Waals surface area contributed by atoms with E-state index in [0.29, 0.717) is 18.0 Å². The average Bonchev–Trinajstić information content (AvgIpc) is 3.01. The second-order valence-electron chi connectivity index (χ2n) is 5.01. The van der Waals surface area contributed by atoms with Gasteiger partial charge in [0.2, 0.25) is 0 Å². The van der Waals surface area contributed by atoms with Crippen molar-refractivity contribution in [2.45, 2.75) is 18.4 Å². The lowest BCUT2D eigenvalue weighted by molar-refractivity contribution is -0.116. The van der Waals surface area contributed by atoms with Gasteiger partial charge in [-0.15, -0.1) is 0 Å². The van der Waals surface area contributed by atoms with E-state index in [0.717, 1.165) is 13.3 Å². The van der Waals surface area contributed by atoms with Crippen molar-refractivity contribution in [3.05, 3.63) is 22.7 Å². The number of thioether (sulfide) groups is 1. The van der Waals surface area contributed by atoms with Crippen molar-refractivity contribution < 1.29 is 4.79 Å². The number of hydrogen-bond acceptors (Lipinski definition) is 8. The lowest BCUT2D eigenvalue weighted by Gasteiger charge is -2.40. The van der Waals surface area contributed by atoms with Crippen LogP contribution in [0.15, 0.2) is 22.7 Å². The molecule has 0 aromatic carbocycles. The molecule has 3 heterocycles. The van der Waals surface area contributed by atoms with E-state index >= 15 is 0 Å². The van der Waals surface area contributed by atoms with Gasteiger partial charge in [0.15, 0.2) is 0 Å². The van der Waals surface area contributed by atoms with Crippen LogP contribution in [0.4, 0.5) is 0 Å². The molecule has 0 radical (unpaired) electrons. The van der Waals surface area contributed by atoms with Crippen LogP contribution < -0.4 is 32.3 Å². The van der Waals surface area contributed by atoms with Crippen LogP contribution in [0, 0.1) is 0 Å². The third-order valence-corrected chi connectivity index (χ3v) is 4.46. The summed E-state index contributed by atoms with van der Waals surface area (Å²) in [7, 11) is 0. The first-order valence-electron chi connectivity index (χ1n) is 7.04. The molecule has 0 spiro atoms. The largest absolute Gasteiger partial charge is 0.350 e. The highest BCUT2D eigenvalue weighted by Gasteiger charge is 2.38. The number of hydrogen-bond donors (Lipinski definition) is 6. The van der Waals surface area contributed by atoms with E-state index in [2.05, 4.69) is 26.6 Å². The van der Waals surface area contributed by atoms with E-state index in [9.17, 15) is 4.79 Å². The van der Waals surface area contributed by atoms with Crippen LogP contribution in [0.5, 0.6) is 0 Å². The molecule has 3 aliphatic rings. The molecule has 0 saturated carbocycles. The van der Waals surface area contributed by atoms with E-state index in [1.165, 1.54) is 11.8 Å². The Morgan fingerprint density at radius 1 is 1.38 bits per heavy atom. The molecule has 2 saturated heterocycles. The topological polar surface area (TPSA) is 106 Å². The highest BCUT2D eigenvalue weighted by atomic mass is 32.2. The van der Waals surface area contributed by atoms with Gasteiger partial charge >= 0.3 is 0 Å². The summed E-state index contributed by atoms with van der Waals surface area (Å²) in [5, 5.41) is 18.3. The van der Waals surface area contributed by atoms with Crippen LogP contribution in [0.1, 0.15) is 0 Å². The van der Waals surface area contributed by atoms with Gasteiger partial charge in [-0.25, -0.2) is 0 Å². The second kappa shape index (κ2) is 6.77. The number of nitrogens with one attached hydrogen (secondary N) is 5. The first kappa shape index (κ1) is 14.8. The van der Waals surface area contributed by atoms with E-state index in [1.807, 2.05) is 22.7 Å². The lowest BCUT2D eigenvalue weighted by Crippen LogP contribution is -2.67. The summed E-state index contributed by atoms with van der Waals surface area (Å²) in [6, 6.07) is 0.233. The van der Waals surface area contributed by atoms with Gasteiger partial charge in [-0.2, -0.15) is 0 Å². The van der Waals surface area contributed by atoms with E-state index in [1.54, 1.807) is 0 Å². The van der Waals surface area contributed by atoms with Crippen molar-refractivity contribution in [1.82, 2.24) is 31.5 Å². The van der Waals surface area contributed by atoms with E-state index < -0.39 is 0 Å². The molecule has 116 valence electrons. The van der Waals surface area contributed by atoms with Crippen LogP contribution in [0.25, 0.3) is 0 Å². The minimum Gasteiger partial charge on any atom is -0.350 e. The van der Waals surface area contributed by atoms with Gasteiger partial charge in [0.1, 0.15) is 6.17 Å². The highest BCUT2D eigenvalue weighted by molar-refractivity contribution is 8.06. The van der Waals surface area contributed by atoms with Crippen molar-refractivity contribution in [3.8, 4) is 0 Å². The minimum atomic E-state index is -0.0807. The number of nitrogens with two attached hydrogens (primary N) is 1. The predicted molar refractivity (Wildman–Crippen MR) is 82.4 cm³/mol. The van der Waals surface area contributed by atoms with Crippen LogP contribution in [-0.2, 0) is 4.79 Å². The van der Waals surface area contributed by atoms with Crippen LogP contribution in [0.2, 0.25) is 0 Å². The zero-order valence-corrected chi connectivity index (χ0v) is 12.5. The Balaban J connectivity index is 1.69. The standard InChI is InChI=1S/C12H21N7OS/c13-1-2-14-12(20)8-5-19(3-4-21-8)11-9-10(16-6-15-9)17-7-18-11/h3-5,9-11,15-18H,1-2,6-7,13H2,(H,14,20). The number of carbonyl (C=O) groups excluding carboxylic acids is 1. The van der Waals surface area contributed by atoms with Crippen LogP contribution in [-0.4, -0.2) is 55.6 Å². The number of amides is 1. The fourth-order valence-electron chi connectivity index (χ4n) is 2.66. The Hall–Kier alpha value is -1.10. The summed E-state index contributed by atoms with van der Waals surface area (Å²) in [6.45, 7) is 2.43. The molecule has 0 aromatic heterocycles. The summed E-state index contributed by atoms with van der Waals surface area (Å²) < 4.78 is 0. The third kappa shape index (κ3) is 3.23. The van der Waals surface area contributed by atoms with Crippen molar-refractivity contribution in [2.75, 3.05) is 26.4 Å². The SMILES string of the molecule is NCCNC(=O)C1=CN(C2NCNC3NCNC32)C=CS1. The van der Waals surface area contributed by atoms with Gasteiger partial charge in [-0.05, 0) is 5.41 Å². The zero-order valence-electron chi connectivity index (χ0n) is 11.6. The number of fused-ring (bicyclic) bond motifs is 1. The van der Waals surface area contributed by atoms with Gasteiger partial charge in [0.05, 0.1) is 17.1 Å². The molecule has 3 atom stereocenters. The van der Waals surface area contributed by atoms with Crippen molar-refractivity contribution in [2.24, 2.45) is 5.73 Å². The molecular formula is C12H21N7OS. The maximum atomic E-state index is 12.0. The molecule has 1 amide bonds. The molecule has 0 bridgehead atoms. The summed E-state index contributed by atoms with van der Waals surface area (Å²) in [4.78, 5) is 14.8. The average molecular weight is 311 g/mol. The lowest BCUT2D eigenvalue weighted by atomic mass is 10.1. The van der Waals surface area contributed by atoms with Gasteiger partial charge < -0.3 is 16.0 Å². The quantitative estimate of drug-likeness (QED) is 0.346. The maximum Gasteiger partial charge on any atom is 0.259 e. The summed E-state index contributed by atoms with van der Waals surface area (Å²) in [5.41, 5.74) is 5.41. The monoisotopic (exact) mass is 311 g/mol. The van der Waals surface area contributed by atoms with Crippen molar-refractivity contribution >= 4 is 17.7 Å². The fourth-order valence-corrected chi connectivity index (χ4v) is 3.37. The zero-order chi connectivity index (χ0) is 14.7. The van der Waals surface area contributed by atoms with Crippen LogP contribution in [0.3, 0.4) is 0 Å². The maximum absolute atomic E-state index is 12.0. The Labute approximate surface area is 127 Å². The molecule has 7 N–H and O–H groups in total.